The average Bonchev–Trinajstić information content (AvgIpc) is 2.72. The molecule has 5 heteroatoms. The zero-order valence-corrected chi connectivity index (χ0v) is 16.4. The minimum absolute atomic E-state index is 0.101. The zero-order chi connectivity index (χ0) is 20.0. The molecule has 3 aromatic rings. The molecule has 0 radical (unpaired) electrons. The van der Waals surface area contributed by atoms with E-state index in [0.717, 1.165) is 11.1 Å². The number of nitrogens with zero attached hydrogens (tertiary/aromatic N) is 1. The van der Waals surface area contributed by atoms with Crippen LogP contribution in [0.1, 0.15) is 29.5 Å². The summed E-state index contributed by atoms with van der Waals surface area (Å²) in [7, 11) is 0. The van der Waals surface area contributed by atoms with Crippen LogP contribution in [-0.2, 0) is 16.8 Å². The predicted octanol–water partition coefficient (Wildman–Crippen LogP) is 4.09. The van der Waals surface area contributed by atoms with E-state index in [4.69, 9.17) is 11.6 Å². The van der Waals surface area contributed by atoms with Gasteiger partial charge in [0.05, 0.1) is 12.5 Å². The topological polar surface area (TPSA) is 62.2 Å². The number of carbonyl (C=O) groups excluding carboxylic acids is 1. The van der Waals surface area contributed by atoms with Crippen molar-refractivity contribution in [3.63, 3.8) is 0 Å². The average molecular weight is 395 g/mol. The molecule has 3 rings (SSSR count). The number of carbonyl (C=O) groups is 1. The van der Waals surface area contributed by atoms with Gasteiger partial charge in [-0.1, -0.05) is 60.1 Å². The Hall–Kier alpha value is -2.69. The molecular weight excluding hydrogens is 372 g/mol. The Balaban J connectivity index is 1.74. The fourth-order valence-electron chi connectivity index (χ4n) is 3.10. The van der Waals surface area contributed by atoms with Crippen molar-refractivity contribution in [2.45, 2.75) is 24.9 Å². The molecule has 2 N–H and O–H groups in total. The summed E-state index contributed by atoms with van der Waals surface area (Å²) in [5.41, 5.74) is 1.40. The van der Waals surface area contributed by atoms with E-state index in [1.165, 1.54) is 0 Å². The summed E-state index contributed by atoms with van der Waals surface area (Å²) in [4.78, 5) is 17.2. The number of hydrogen-bond donors (Lipinski definition) is 2. The molecule has 2 atom stereocenters. The van der Waals surface area contributed by atoms with Crippen molar-refractivity contribution in [1.82, 2.24) is 10.3 Å². The Labute approximate surface area is 170 Å². The molecular formula is C23H23ClN2O2. The maximum absolute atomic E-state index is 13.0. The summed E-state index contributed by atoms with van der Waals surface area (Å²) in [5.74, 6) is -0.504. The molecule has 1 amide bonds. The molecule has 144 valence electrons. The Bertz CT molecular complexity index is 897. The van der Waals surface area contributed by atoms with E-state index in [-0.39, 0.29) is 18.4 Å². The molecule has 2 unspecified atom stereocenters. The van der Waals surface area contributed by atoms with E-state index in [1.807, 2.05) is 42.5 Å². The molecule has 0 aliphatic rings. The molecule has 0 aliphatic heterocycles. The Morgan fingerprint density at radius 2 is 1.82 bits per heavy atom. The van der Waals surface area contributed by atoms with Crippen molar-refractivity contribution >= 4 is 17.5 Å². The fraction of sp³-hybridized carbons (Fsp3) is 0.217. The van der Waals surface area contributed by atoms with Crippen LogP contribution in [0.3, 0.4) is 0 Å². The Kier molecular flexibility index (Phi) is 6.45. The van der Waals surface area contributed by atoms with Gasteiger partial charge in [0.15, 0.2) is 0 Å². The lowest BCUT2D eigenvalue weighted by Crippen LogP contribution is -2.41. The minimum Gasteiger partial charge on any atom is -0.384 e. The molecule has 0 saturated heterocycles. The van der Waals surface area contributed by atoms with Gasteiger partial charge < -0.3 is 10.4 Å². The number of nitrogens with one attached hydrogen (secondary N) is 1. The van der Waals surface area contributed by atoms with Crippen LogP contribution < -0.4 is 5.32 Å². The van der Waals surface area contributed by atoms with Crippen LogP contribution in [-0.4, -0.2) is 22.5 Å². The Morgan fingerprint density at radius 3 is 2.46 bits per heavy atom. The van der Waals surface area contributed by atoms with Gasteiger partial charge in [0, 0.05) is 17.4 Å². The lowest BCUT2D eigenvalue weighted by Gasteiger charge is -2.26. The molecule has 1 heterocycles. The maximum Gasteiger partial charge on any atom is 0.227 e. The van der Waals surface area contributed by atoms with E-state index in [2.05, 4.69) is 10.3 Å². The maximum atomic E-state index is 13.0. The Morgan fingerprint density at radius 1 is 1.11 bits per heavy atom. The quantitative estimate of drug-likeness (QED) is 0.634. The van der Waals surface area contributed by atoms with E-state index in [0.29, 0.717) is 17.0 Å². The summed E-state index contributed by atoms with van der Waals surface area (Å²) in [5, 5.41) is 14.3. The van der Waals surface area contributed by atoms with Gasteiger partial charge >= 0.3 is 0 Å². The van der Waals surface area contributed by atoms with Crippen LogP contribution in [0.2, 0.25) is 5.02 Å². The number of aliphatic hydroxyl groups is 1. The van der Waals surface area contributed by atoms with Gasteiger partial charge in [0.25, 0.3) is 0 Å². The van der Waals surface area contributed by atoms with Crippen LogP contribution in [0.25, 0.3) is 0 Å². The molecule has 2 aromatic carbocycles. The molecule has 4 nitrogen and oxygen atoms in total. The number of aromatic nitrogens is 1. The van der Waals surface area contributed by atoms with Crippen LogP contribution in [0.4, 0.5) is 0 Å². The number of hydrogen-bond acceptors (Lipinski definition) is 3. The lowest BCUT2D eigenvalue weighted by atomic mass is 9.91. The third-order valence-electron chi connectivity index (χ3n) is 4.75. The van der Waals surface area contributed by atoms with Gasteiger partial charge in [0.1, 0.15) is 5.60 Å². The number of amides is 1. The van der Waals surface area contributed by atoms with Gasteiger partial charge in [-0.25, -0.2) is 0 Å². The first kappa shape index (κ1) is 20.1. The second-order valence-electron chi connectivity index (χ2n) is 7.03. The smallest absolute Gasteiger partial charge is 0.227 e. The molecule has 0 bridgehead atoms. The summed E-state index contributed by atoms with van der Waals surface area (Å²) in [6, 6.07) is 20.4. The molecule has 0 aliphatic carbocycles. The highest BCUT2D eigenvalue weighted by atomic mass is 35.5. The molecule has 1 aromatic heterocycles. The van der Waals surface area contributed by atoms with Crippen LogP contribution in [0, 0.1) is 0 Å². The van der Waals surface area contributed by atoms with E-state index < -0.39 is 5.60 Å². The highest BCUT2D eigenvalue weighted by Gasteiger charge is 2.27. The molecule has 0 fully saturated rings. The van der Waals surface area contributed by atoms with Crippen molar-refractivity contribution in [1.29, 1.82) is 0 Å². The summed E-state index contributed by atoms with van der Waals surface area (Å²) in [6.45, 7) is 1.78. The lowest BCUT2D eigenvalue weighted by molar-refractivity contribution is -0.123. The van der Waals surface area contributed by atoms with Crippen molar-refractivity contribution in [3.05, 3.63) is 101 Å². The summed E-state index contributed by atoms with van der Waals surface area (Å²) in [6.07, 6.45) is 4.02. The van der Waals surface area contributed by atoms with E-state index >= 15 is 0 Å². The third-order valence-corrected chi connectivity index (χ3v) is 5.01. The van der Waals surface area contributed by atoms with Gasteiger partial charge in [-0.2, -0.15) is 0 Å². The number of pyridine rings is 1. The van der Waals surface area contributed by atoms with Crippen LogP contribution in [0.5, 0.6) is 0 Å². The van der Waals surface area contributed by atoms with Gasteiger partial charge in [0.2, 0.25) is 5.91 Å². The highest BCUT2D eigenvalue weighted by Crippen LogP contribution is 2.24. The largest absolute Gasteiger partial charge is 0.384 e. The first-order valence-corrected chi connectivity index (χ1v) is 9.53. The third kappa shape index (κ3) is 5.18. The first-order valence-electron chi connectivity index (χ1n) is 9.16. The van der Waals surface area contributed by atoms with Gasteiger partial charge in [-0.3, -0.25) is 9.78 Å². The van der Waals surface area contributed by atoms with Crippen molar-refractivity contribution in [2.24, 2.45) is 0 Å². The number of benzene rings is 2. The molecule has 28 heavy (non-hydrogen) atoms. The minimum atomic E-state index is -1.20. The SMILES string of the molecule is CC(O)(CNC(=O)C(Cc1cccnc1)c1ccccc1)c1ccc(Cl)cc1. The predicted molar refractivity (Wildman–Crippen MR) is 111 cm³/mol. The fourth-order valence-corrected chi connectivity index (χ4v) is 3.22. The highest BCUT2D eigenvalue weighted by molar-refractivity contribution is 6.30. The summed E-state index contributed by atoms with van der Waals surface area (Å²) >= 11 is 5.92. The van der Waals surface area contributed by atoms with Crippen molar-refractivity contribution in [3.8, 4) is 0 Å². The normalized spacial score (nSPS) is 14.1. The monoisotopic (exact) mass is 394 g/mol. The molecule has 0 saturated carbocycles. The second-order valence-corrected chi connectivity index (χ2v) is 7.46. The number of halogens is 1. The van der Waals surface area contributed by atoms with Gasteiger partial charge in [-0.15, -0.1) is 0 Å². The molecule has 0 spiro atoms. The zero-order valence-electron chi connectivity index (χ0n) is 15.7. The van der Waals surface area contributed by atoms with Gasteiger partial charge in [-0.05, 0) is 48.2 Å². The second kappa shape index (κ2) is 9.00. The van der Waals surface area contributed by atoms with Crippen molar-refractivity contribution < 1.29 is 9.90 Å². The number of rotatable bonds is 7. The van der Waals surface area contributed by atoms with Crippen molar-refractivity contribution in [2.75, 3.05) is 6.54 Å². The van der Waals surface area contributed by atoms with E-state index in [9.17, 15) is 9.90 Å². The first-order chi connectivity index (χ1) is 13.5. The standard InChI is InChI=1S/C23H23ClN2O2/c1-23(28,19-9-11-20(24)12-10-19)16-26-22(27)21(18-7-3-2-4-8-18)14-17-6-5-13-25-15-17/h2-13,15,21,28H,14,16H2,1H3,(H,26,27). The van der Waals surface area contributed by atoms with E-state index in [1.54, 1.807) is 43.6 Å². The van der Waals surface area contributed by atoms with Crippen LogP contribution in [0.15, 0.2) is 79.1 Å². The summed E-state index contributed by atoms with van der Waals surface area (Å²) < 4.78 is 0. The van der Waals surface area contributed by atoms with Crippen LogP contribution >= 0.6 is 11.6 Å².